The Kier molecular flexibility index (Phi) is 4.10. The van der Waals surface area contributed by atoms with Gasteiger partial charge in [0.25, 0.3) is 5.91 Å². The van der Waals surface area contributed by atoms with E-state index in [9.17, 15) is 4.79 Å². The highest BCUT2D eigenvalue weighted by atomic mass is 32.1. The Bertz CT molecular complexity index is 701. The Morgan fingerprint density at radius 1 is 1.30 bits per heavy atom. The monoisotopic (exact) mass is 329 g/mol. The fourth-order valence-electron chi connectivity index (χ4n) is 3.33. The second-order valence-corrected chi connectivity index (χ2v) is 6.96. The molecule has 1 saturated heterocycles. The van der Waals surface area contributed by atoms with E-state index in [1.807, 2.05) is 10.3 Å². The smallest absolute Gasteiger partial charge is 0.255 e. The first-order valence-electron chi connectivity index (χ1n) is 8.09. The van der Waals surface area contributed by atoms with Gasteiger partial charge in [0.15, 0.2) is 0 Å². The molecule has 6 heteroatoms. The van der Waals surface area contributed by atoms with E-state index in [-0.39, 0.29) is 12.0 Å². The number of aryl methyl sites for hydroxylation is 1. The van der Waals surface area contributed by atoms with Crippen molar-refractivity contribution in [3.63, 3.8) is 0 Å². The number of hydrogen-bond acceptors (Lipinski definition) is 5. The van der Waals surface area contributed by atoms with Crippen LogP contribution in [0.15, 0.2) is 24.0 Å². The number of rotatable bonds is 2. The van der Waals surface area contributed by atoms with Crippen molar-refractivity contribution >= 4 is 17.2 Å². The zero-order chi connectivity index (χ0) is 15.6. The molecule has 2 aliphatic rings. The first-order valence-corrected chi connectivity index (χ1v) is 8.97. The zero-order valence-corrected chi connectivity index (χ0v) is 13.7. The number of ether oxygens (including phenoxy) is 1. The van der Waals surface area contributed by atoms with Crippen LogP contribution in [0, 0.1) is 0 Å². The normalized spacial score (nSPS) is 21.0. The van der Waals surface area contributed by atoms with Gasteiger partial charge < -0.3 is 9.64 Å². The van der Waals surface area contributed by atoms with Crippen molar-refractivity contribution in [2.24, 2.45) is 0 Å². The number of aromatic nitrogens is 2. The molecule has 0 radical (unpaired) electrons. The number of fused-ring (bicyclic) bond motifs is 1. The van der Waals surface area contributed by atoms with Crippen molar-refractivity contribution in [3.8, 4) is 0 Å². The highest BCUT2D eigenvalue weighted by Gasteiger charge is 2.29. The second-order valence-electron chi connectivity index (χ2n) is 6.00. The van der Waals surface area contributed by atoms with Gasteiger partial charge in [-0.1, -0.05) is 0 Å². The summed E-state index contributed by atoms with van der Waals surface area (Å²) < 4.78 is 5.78. The standard InChI is InChI=1S/C17H19N3O2S/c21-17(13-11-23-16-4-2-1-3-12(13)16)20-7-8-22-15(10-20)14-9-18-5-6-19-14/h5-6,9,11,15H,1-4,7-8,10H2. The molecular formula is C17H19N3O2S. The number of morpholine rings is 1. The Morgan fingerprint density at radius 2 is 2.22 bits per heavy atom. The summed E-state index contributed by atoms with van der Waals surface area (Å²) in [5.41, 5.74) is 2.98. The molecule has 0 N–H and O–H groups in total. The summed E-state index contributed by atoms with van der Waals surface area (Å²) in [6.45, 7) is 1.72. The molecule has 1 amide bonds. The third kappa shape index (κ3) is 2.88. The summed E-state index contributed by atoms with van der Waals surface area (Å²) in [6, 6.07) is 0. The predicted octanol–water partition coefficient (Wildman–Crippen LogP) is 2.63. The van der Waals surface area contributed by atoms with E-state index < -0.39 is 0 Å². The molecule has 0 aromatic carbocycles. The number of thiophene rings is 1. The van der Waals surface area contributed by atoms with Crippen LogP contribution in [0.5, 0.6) is 0 Å². The highest BCUT2D eigenvalue weighted by molar-refractivity contribution is 7.10. The summed E-state index contributed by atoms with van der Waals surface area (Å²) >= 11 is 1.74. The van der Waals surface area contributed by atoms with Crippen LogP contribution in [-0.2, 0) is 17.6 Å². The predicted molar refractivity (Wildman–Crippen MR) is 87.6 cm³/mol. The Hall–Kier alpha value is -1.79. The maximum atomic E-state index is 13.0. The van der Waals surface area contributed by atoms with E-state index in [4.69, 9.17) is 4.74 Å². The van der Waals surface area contributed by atoms with Crippen molar-refractivity contribution < 1.29 is 9.53 Å². The van der Waals surface area contributed by atoms with Crippen LogP contribution in [0.4, 0.5) is 0 Å². The molecule has 1 fully saturated rings. The van der Waals surface area contributed by atoms with Gasteiger partial charge in [0, 0.05) is 29.2 Å². The van der Waals surface area contributed by atoms with Crippen LogP contribution in [0.2, 0.25) is 0 Å². The molecule has 1 unspecified atom stereocenters. The van der Waals surface area contributed by atoms with Crippen molar-refractivity contribution in [1.29, 1.82) is 0 Å². The summed E-state index contributed by atoms with van der Waals surface area (Å²) in [6.07, 6.45) is 9.43. The van der Waals surface area contributed by atoms with Crippen molar-refractivity contribution in [3.05, 3.63) is 45.7 Å². The van der Waals surface area contributed by atoms with Gasteiger partial charge in [-0.05, 0) is 31.2 Å². The molecule has 1 atom stereocenters. The lowest BCUT2D eigenvalue weighted by Gasteiger charge is -2.32. The van der Waals surface area contributed by atoms with Gasteiger partial charge in [0.05, 0.1) is 30.6 Å². The van der Waals surface area contributed by atoms with Gasteiger partial charge in [0.2, 0.25) is 0 Å². The van der Waals surface area contributed by atoms with Gasteiger partial charge in [-0.25, -0.2) is 0 Å². The second kappa shape index (κ2) is 6.37. The summed E-state index contributed by atoms with van der Waals surface area (Å²) in [5, 5.41) is 2.05. The minimum absolute atomic E-state index is 0.140. The lowest BCUT2D eigenvalue weighted by molar-refractivity contribution is -0.0249. The van der Waals surface area contributed by atoms with Crippen molar-refractivity contribution in [2.45, 2.75) is 31.8 Å². The van der Waals surface area contributed by atoms with Gasteiger partial charge in [-0.3, -0.25) is 14.8 Å². The van der Waals surface area contributed by atoms with Crippen molar-refractivity contribution in [2.75, 3.05) is 19.7 Å². The van der Waals surface area contributed by atoms with Crippen LogP contribution in [-0.4, -0.2) is 40.5 Å². The molecule has 0 bridgehead atoms. The number of hydrogen-bond donors (Lipinski definition) is 0. The van der Waals surface area contributed by atoms with Gasteiger partial charge in [-0.2, -0.15) is 0 Å². The maximum absolute atomic E-state index is 13.0. The maximum Gasteiger partial charge on any atom is 0.255 e. The highest BCUT2D eigenvalue weighted by Crippen LogP contribution is 2.31. The molecule has 2 aromatic rings. The SMILES string of the molecule is O=C(c1csc2c1CCCC2)N1CCOC(c2cnccn2)C1. The number of nitrogens with zero attached hydrogens (tertiary/aromatic N) is 3. The minimum Gasteiger partial charge on any atom is -0.368 e. The molecule has 2 aromatic heterocycles. The molecule has 1 aliphatic heterocycles. The van der Waals surface area contributed by atoms with E-state index >= 15 is 0 Å². The fraction of sp³-hybridized carbons (Fsp3) is 0.471. The molecule has 0 saturated carbocycles. The lowest BCUT2D eigenvalue weighted by Crippen LogP contribution is -2.42. The van der Waals surface area contributed by atoms with Crippen LogP contribution in [0.1, 0.15) is 45.4 Å². The van der Waals surface area contributed by atoms with E-state index in [1.54, 1.807) is 29.9 Å². The number of carbonyl (C=O) groups is 1. The molecule has 4 rings (SSSR count). The van der Waals surface area contributed by atoms with Gasteiger partial charge in [0.1, 0.15) is 6.10 Å². The lowest BCUT2D eigenvalue weighted by atomic mass is 9.95. The van der Waals surface area contributed by atoms with E-state index in [0.717, 1.165) is 24.1 Å². The molecular weight excluding hydrogens is 310 g/mol. The van der Waals surface area contributed by atoms with Gasteiger partial charge >= 0.3 is 0 Å². The van der Waals surface area contributed by atoms with E-state index in [0.29, 0.717) is 19.7 Å². The molecule has 0 spiro atoms. The molecule has 5 nitrogen and oxygen atoms in total. The third-order valence-electron chi connectivity index (χ3n) is 4.56. The summed E-state index contributed by atoms with van der Waals surface area (Å²) in [7, 11) is 0. The Balaban J connectivity index is 1.53. The molecule has 3 heterocycles. The topological polar surface area (TPSA) is 55.3 Å². The average Bonchev–Trinajstić information content (AvgIpc) is 3.06. The third-order valence-corrected chi connectivity index (χ3v) is 5.65. The Morgan fingerprint density at radius 3 is 3.09 bits per heavy atom. The Labute approximate surface area is 139 Å². The quantitative estimate of drug-likeness (QED) is 0.850. The number of carbonyl (C=O) groups excluding carboxylic acids is 1. The molecule has 1 aliphatic carbocycles. The molecule has 120 valence electrons. The van der Waals surface area contributed by atoms with Crippen LogP contribution >= 0.6 is 11.3 Å². The zero-order valence-electron chi connectivity index (χ0n) is 12.9. The van der Waals surface area contributed by atoms with Gasteiger partial charge in [-0.15, -0.1) is 11.3 Å². The van der Waals surface area contributed by atoms with Crippen molar-refractivity contribution in [1.82, 2.24) is 14.9 Å². The van der Waals surface area contributed by atoms with E-state index in [2.05, 4.69) is 9.97 Å². The first-order chi connectivity index (χ1) is 11.3. The summed E-state index contributed by atoms with van der Waals surface area (Å²) in [5.74, 6) is 0.140. The minimum atomic E-state index is -0.184. The van der Waals surface area contributed by atoms with Crippen LogP contribution in [0.25, 0.3) is 0 Å². The first kappa shape index (κ1) is 14.8. The fourth-order valence-corrected chi connectivity index (χ4v) is 4.45. The van der Waals surface area contributed by atoms with Crippen LogP contribution in [0.3, 0.4) is 0 Å². The molecule has 23 heavy (non-hydrogen) atoms. The number of amides is 1. The van der Waals surface area contributed by atoms with Crippen LogP contribution < -0.4 is 0 Å². The summed E-state index contributed by atoms with van der Waals surface area (Å²) in [4.78, 5) is 24.7. The largest absolute Gasteiger partial charge is 0.368 e. The van der Waals surface area contributed by atoms with E-state index in [1.165, 1.54) is 23.3 Å². The average molecular weight is 329 g/mol.